The molecule has 2 N–H and O–H groups in total. The van der Waals surface area contributed by atoms with Gasteiger partial charge in [-0.1, -0.05) is 26.8 Å². The van der Waals surface area contributed by atoms with Crippen molar-refractivity contribution in [1.29, 1.82) is 0 Å². The van der Waals surface area contributed by atoms with Crippen LogP contribution in [0.25, 0.3) is 11.0 Å². The number of phenolic OH excluding ortho intramolecular Hbond substituents is 1. The fourth-order valence-corrected chi connectivity index (χ4v) is 2.13. The van der Waals surface area contributed by atoms with Crippen molar-refractivity contribution in [1.82, 2.24) is 0 Å². The summed E-state index contributed by atoms with van der Waals surface area (Å²) in [6.07, 6.45) is 0. The van der Waals surface area contributed by atoms with Crippen LogP contribution in [0.5, 0.6) is 5.75 Å². The SMILES string of the molecule is Cc1c(C(=O)O)oc2c(C(C)(C)C)ccc(O)c12. The topological polar surface area (TPSA) is 70.7 Å². The van der Waals surface area contributed by atoms with Gasteiger partial charge in [-0.2, -0.15) is 0 Å². The zero-order valence-electron chi connectivity index (χ0n) is 10.9. The molecule has 0 atom stereocenters. The highest BCUT2D eigenvalue weighted by Crippen LogP contribution is 2.39. The lowest BCUT2D eigenvalue weighted by molar-refractivity contribution is 0.0663. The molecule has 96 valence electrons. The van der Waals surface area contributed by atoms with Crippen LogP contribution in [0.2, 0.25) is 0 Å². The van der Waals surface area contributed by atoms with Crippen LogP contribution in [0.4, 0.5) is 0 Å². The van der Waals surface area contributed by atoms with E-state index in [0.717, 1.165) is 5.56 Å². The Morgan fingerprint density at radius 2 is 1.89 bits per heavy atom. The average Bonchev–Trinajstić information content (AvgIpc) is 2.56. The van der Waals surface area contributed by atoms with Gasteiger partial charge in [0.1, 0.15) is 11.3 Å². The Morgan fingerprint density at radius 3 is 2.39 bits per heavy atom. The molecule has 0 radical (unpaired) electrons. The van der Waals surface area contributed by atoms with Gasteiger partial charge in [0.25, 0.3) is 0 Å². The van der Waals surface area contributed by atoms with Gasteiger partial charge in [0.15, 0.2) is 0 Å². The van der Waals surface area contributed by atoms with E-state index >= 15 is 0 Å². The van der Waals surface area contributed by atoms with Gasteiger partial charge in [-0.25, -0.2) is 4.79 Å². The van der Waals surface area contributed by atoms with E-state index in [-0.39, 0.29) is 16.9 Å². The number of rotatable bonds is 1. The molecular formula is C14H16O4. The molecule has 0 amide bonds. The molecule has 0 aliphatic heterocycles. The predicted molar refractivity (Wildman–Crippen MR) is 68.3 cm³/mol. The minimum Gasteiger partial charge on any atom is -0.507 e. The van der Waals surface area contributed by atoms with Crippen LogP contribution >= 0.6 is 0 Å². The summed E-state index contributed by atoms with van der Waals surface area (Å²) in [7, 11) is 0. The van der Waals surface area contributed by atoms with Crippen molar-refractivity contribution in [2.45, 2.75) is 33.1 Å². The number of benzene rings is 1. The highest BCUT2D eigenvalue weighted by Gasteiger charge is 2.25. The van der Waals surface area contributed by atoms with Crippen molar-refractivity contribution in [3.05, 3.63) is 29.0 Å². The lowest BCUT2D eigenvalue weighted by Crippen LogP contribution is -2.11. The number of fused-ring (bicyclic) bond motifs is 1. The largest absolute Gasteiger partial charge is 0.507 e. The molecule has 0 bridgehead atoms. The molecule has 0 spiro atoms. The fraction of sp³-hybridized carbons (Fsp3) is 0.357. The van der Waals surface area contributed by atoms with Crippen molar-refractivity contribution in [2.75, 3.05) is 0 Å². The number of aromatic hydroxyl groups is 1. The Kier molecular flexibility index (Phi) is 2.61. The van der Waals surface area contributed by atoms with Crippen LogP contribution in [-0.2, 0) is 5.41 Å². The number of furan rings is 1. The molecule has 18 heavy (non-hydrogen) atoms. The smallest absolute Gasteiger partial charge is 0.372 e. The van der Waals surface area contributed by atoms with E-state index in [9.17, 15) is 9.90 Å². The van der Waals surface area contributed by atoms with Crippen LogP contribution < -0.4 is 0 Å². The molecule has 0 aliphatic rings. The summed E-state index contributed by atoms with van der Waals surface area (Å²) in [5.41, 5.74) is 1.61. The van der Waals surface area contributed by atoms with Crippen molar-refractivity contribution >= 4 is 16.9 Å². The lowest BCUT2D eigenvalue weighted by atomic mass is 9.85. The van der Waals surface area contributed by atoms with Gasteiger partial charge in [-0.3, -0.25) is 0 Å². The standard InChI is InChI=1S/C14H16O4/c1-7-10-9(15)6-5-8(14(2,3)4)12(10)18-11(7)13(16)17/h5-6,15H,1-4H3,(H,16,17). The van der Waals surface area contributed by atoms with Gasteiger partial charge >= 0.3 is 5.97 Å². The molecule has 0 aliphatic carbocycles. The van der Waals surface area contributed by atoms with E-state index in [1.165, 1.54) is 0 Å². The van der Waals surface area contributed by atoms with Crippen LogP contribution in [0.3, 0.4) is 0 Å². The lowest BCUT2D eigenvalue weighted by Gasteiger charge is -2.19. The van der Waals surface area contributed by atoms with Crippen molar-refractivity contribution in [2.24, 2.45) is 0 Å². The van der Waals surface area contributed by atoms with Crippen LogP contribution in [0.15, 0.2) is 16.5 Å². The van der Waals surface area contributed by atoms with E-state index in [0.29, 0.717) is 16.5 Å². The minimum atomic E-state index is -1.12. The molecule has 0 saturated heterocycles. The van der Waals surface area contributed by atoms with Gasteiger partial charge in [-0.05, 0) is 18.4 Å². The second-order valence-corrected chi connectivity index (χ2v) is 5.45. The summed E-state index contributed by atoms with van der Waals surface area (Å²) in [4.78, 5) is 11.1. The average molecular weight is 248 g/mol. The maximum absolute atomic E-state index is 11.1. The second kappa shape index (κ2) is 3.77. The molecule has 0 fully saturated rings. The molecule has 2 aromatic rings. The van der Waals surface area contributed by atoms with Crippen LogP contribution in [0.1, 0.15) is 42.5 Å². The third kappa shape index (κ3) is 1.74. The first-order chi connectivity index (χ1) is 8.23. The first kappa shape index (κ1) is 12.5. The van der Waals surface area contributed by atoms with Crippen molar-refractivity contribution in [3.63, 3.8) is 0 Å². The molecule has 1 aromatic carbocycles. The Balaban J connectivity index is 2.91. The number of carbonyl (C=O) groups is 1. The zero-order chi connectivity index (χ0) is 13.7. The van der Waals surface area contributed by atoms with Gasteiger partial charge in [0.05, 0.1) is 5.39 Å². The quantitative estimate of drug-likeness (QED) is 0.811. The third-order valence-electron chi connectivity index (χ3n) is 3.06. The minimum absolute atomic E-state index is 0.0479. The molecule has 1 aromatic heterocycles. The highest BCUT2D eigenvalue weighted by molar-refractivity contribution is 5.98. The van der Waals surface area contributed by atoms with E-state index in [4.69, 9.17) is 9.52 Å². The highest BCUT2D eigenvalue weighted by atomic mass is 16.4. The monoisotopic (exact) mass is 248 g/mol. The third-order valence-corrected chi connectivity index (χ3v) is 3.06. The first-order valence-corrected chi connectivity index (χ1v) is 5.72. The van der Waals surface area contributed by atoms with Gasteiger partial charge < -0.3 is 14.6 Å². The Bertz CT molecular complexity index is 629. The van der Waals surface area contributed by atoms with E-state index in [1.807, 2.05) is 20.8 Å². The Labute approximate surface area is 105 Å². The number of carboxylic acid groups (broad SMARTS) is 1. The van der Waals surface area contributed by atoms with E-state index in [1.54, 1.807) is 19.1 Å². The Hall–Kier alpha value is -1.97. The molecule has 2 rings (SSSR count). The summed E-state index contributed by atoms with van der Waals surface area (Å²) in [5.74, 6) is -1.19. The molecule has 0 unspecified atom stereocenters. The summed E-state index contributed by atoms with van der Waals surface area (Å²) >= 11 is 0. The normalized spacial score (nSPS) is 12.0. The number of aryl methyl sites for hydroxylation is 1. The molecule has 0 saturated carbocycles. The zero-order valence-corrected chi connectivity index (χ0v) is 10.9. The van der Waals surface area contributed by atoms with Gasteiger partial charge in [0, 0.05) is 11.1 Å². The Morgan fingerprint density at radius 1 is 1.28 bits per heavy atom. The predicted octanol–water partition coefficient (Wildman–Crippen LogP) is 3.44. The number of hydrogen-bond donors (Lipinski definition) is 2. The number of carboxylic acids is 1. The fourth-order valence-electron chi connectivity index (χ4n) is 2.13. The molecule has 1 heterocycles. The van der Waals surface area contributed by atoms with Crippen LogP contribution in [0, 0.1) is 6.92 Å². The van der Waals surface area contributed by atoms with E-state index < -0.39 is 5.97 Å². The van der Waals surface area contributed by atoms with E-state index in [2.05, 4.69) is 0 Å². The number of phenols is 1. The molecular weight excluding hydrogens is 232 g/mol. The van der Waals surface area contributed by atoms with Gasteiger partial charge in [0.2, 0.25) is 5.76 Å². The number of hydrogen-bond acceptors (Lipinski definition) is 3. The maximum atomic E-state index is 11.1. The number of aromatic carboxylic acids is 1. The summed E-state index contributed by atoms with van der Waals surface area (Å²) in [6, 6.07) is 3.35. The second-order valence-electron chi connectivity index (χ2n) is 5.45. The van der Waals surface area contributed by atoms with Crippen LogP contribution in [-0.4, -0.2) is 16.2 Å². The first-order valence-electron chi connectivity index (χ1n) is 5.72. The van der Waals surface area contributed by atoms with Crippen molar-refractivity contribution < 1.29 is 19.4 Å². The summed E-state index contributed by atoms with van der Waals surface area (Å²) in [6.45, 7) is 7.67. The summed E-state index contributed by atoms with van der Waals surface area (Å²) < 4.78 is 5.44. The molecule has 4 nitrogen and oxygen atoms in total. The van der Waals surface area contributed by atoms with Gasteiger partial charge in [-0.15, -0.1) is 0 Å². The van der Waals surface area contributed by atoms with Crippen molar-refractivity contribution in [3.8, 4) is 5.75 Å². The summed E-state index contributed by atoms with van der Waals surface area (Å²) in [5, 5.41) is 19.4. The maximum Gasteiger partial charge on any atom is 0.372 e. The molecule has 4 heteroatoms.